The Labute approximate surface area is 148 Å². The van der Waals surface area contributed by atoms with Crippen molar-refractivity contribution >= 4 is 11.3 Å². The molecule has 2 aromatic rings. The van der Waals surface area contributed by atoms with Gasteiger partial charge in [-0.3, -0.25) is 0 Å². The third-order valence-electron chi connectivity index (χ3n) is 6.07. The van der Waals surface area contributed by atoms with Crippen LogP contribution < -0.4 is 5.32 Å². The number of benzene rings is 1. The lowest BCUT2D eigenvalue weighted by Gasteiger charge is -2.55. The predicted molar refractivity (Wildman–Crippen MR) is 100 cm³/mol. The number of phenolic OH excluding ortho intramolecular Hbond substituents is 1. The second kappa shape index (κ2) is 6.17. The molecule has 2 N–H and O–H groups in total. The van der Waals surface area contributed by atoms with Crippen LogP contribution in [-0.4, -0.2) is 42.2 Å². The normalized spacial score (nSPS) is 29.4. The molecule has 0 amide bonds. The Morgan fingerprint density at radius 1 is 1.38 bits per heavy atom. The van der Waals surface area contributed by atoms with Crippen LogP contribution in [0, 0.1) is 0 Å². The smallest absolute Gasteiger partial charge is 0.115 e. The minimum Gasteiger partial charge on any atom is -0.508 e. The second-order valence-electron chi connectivity index (χ2n) is 7.52. The first-order valence-electron chi connectivity index (χ1n) is 8.86. The second-order valence-corrected chi connectivity index (χ2v) is 8.55. The molecule has 3 atom stereocenters. The Kier molecular flexibility index (Phi) is 4.15. The fourth-order valence-corrected chi connectivity index (χ4v) is 5.36. The largest absolute Gasteiger partial charge is 0.508 e. The summed E-state index contributed by atoms with van der Waals surface area (Å²) in [6, 6.07) is 11.3. The molecule has 1 aliphatic heterocycles. The van der Waals surface area contributed by atoms with E-state index in [2.05, 4.69) is 47.8 Å². The molecule has 4 heteroatoms. The van der Waals surface area contributed by atoms with E-state index in [4.69, 9.17) is 0 Å². The SMILES string of the molecule is CN1CC[C@]2(C)c3cc(O)ccc3C[C@@H]1[C@@H]2NCCc1cccs1. The summed E-state index contributed by atoms with van der Waals surface area (Å²) in [6.45, 7) is 4.52. The number of hydrogen-bond acceptors (Lipinski definition) is 4. The lowest BCUT2D eigenvalue weighted by Crippen LogP contribution is -2.66. The number of rotatable bonds is 4. The molecule has 2 bridgehead atoms. The van der Waals surface area contributed by atoms with E-state index in [-0.39, 0.29) is 5.41 Å². The first-order valence-corrected chi connectivity index (χ1v) is 9.74. The maximum Gasteiger partial charge on any atom is 0.115 e. The van der Waals surface area contributed by atoms with E-state index in [0.717, 1.165) is 32.4 Å². The zero-order valence-corrected chi connectivity index (χ0v) is 15.3. The highest BCUT2D eigenvalue weighted by Gasteiger charge is 2.49. The number of likely N-dealkylation sites (N-methyl/N-ethyl adjacent to an activating group) is 1. The molecule has 0 saturated carbocycles. The van der Waals surface area contributed by atoms with Gasteiger partial charge in [0, 0.05) is 28.9 Å². The van der Waals surface area contributed by atoms with Gasteiger partial charge >= 0.3 is 0 Å². The van der Waals surface area contributed by atoms with Gasteiger partial charge in [0.1, 0.15) is 5.75 Å². The summed E-state index contributed by atoms with van der Waals surface area (Å²) in [5.41, 5.74) is 2.85. The number of likely N-dealkylation sites (tertiary alicyclic amines) is 1. The molecule has 4 rings (SSSR count). The lowest BCUT2D eigenvalue weighted by molar-refractivity contribution is 0.0663. The number of fused-ring (bicyclic) bond motifs is 4. The molecular formula is C20H26N2OS. The molecule has 1 aromatic carbocycles. The standard InChI is InChI=1S/C20H26N2OS/c1-20-8-10-22(2)18(12-14-5-6-15(23)13-17(14)20)19(20)21-9-7-16-4-3-11-24-16/h3-6,11,13,18-19,21,23H,7-10,12H2,1-2H3/t18-,19+,20-/m1/s1. The van der Waals surface area contributed by atoms with Crippen molar-refractivity contribution in [2.45, 2.75) is 43.7 Å². The van der Waals surface area contributed by atoms with E-state index >= 15 is 0 Å². The van der Waals surface area contributed by atoms with Gasteiger partial charge in [-0.2, -0.15) is 0 Å². The molecule has 2 heterocycles. The van der Waals surface area contributed by atoms with Gasteiger partial charge < -0.3 is 15.3 Å². The van der Waals surface area contributed by atoms with Crippen LogP contribution in [0.1, 0.15) is 29.3 Å². The summed E-state index contributed by atoms with van der Waals surface area (Å²) >= 11 is 1.84. The van der Waals surface area contributed by atoms with Crippen LogP contribution >= 0.6 is 11.3 Å². The van der Waals surface area contributed by atoms with Gasteiger partial charge in [-0.1, -0.05) is 19.1 Å². The Morgan fingerprint density at radius 3 is 3.04 bits per heavy atom. The van der Waals surface area contributed by atoms with Crippen molar-refractivity contribution in [3.8, 4) is 5.75 Å². The first kappa shape index (κ1) is 16.1. The summed E-state index contributed by atoms with van der Waals surface area (Å²) in [5, 5.41) is 16.0. The molecule has 1 saturated heterocycles. The van der Waals surface area contributed by atoms with Crippen LogP contribution in [0.15, 0.2) is 35.7 Å². The number of nitrogens with one attached hydrogen (secondary N) is 1. The quantitative estimate of drug-likeness (QED) is 0.896. The molecular weight excluding hydrogens is 316 g/mol. The molecule has 0 radical (unpaired) electrons. The molecule has 1 aliphatic carbocycles. The highest BCUT2D eigenvalue weighted by molar-refractivity contribution is 7.09. The Morgan fingerprint density at radius 2 is 2.25 bits per heavy atom. The summed E-state index contributed by atoms with van der Waals surface area (Å²) < 4.78 is 0. The van der Waals surface area contributed by atoms with Gasteiger partial charge in [0.2, 0.25) is 0 Å². The number of piperidine rings is 1. The fourth-order valence-electron chi connectivity index (χ4n) is 4.65. The number of hydrogen-bond donors (Lipinski definition) is 2. The number of nitrogens with zero attached hydrogens (tertiary/aromatic N) is 1. The van der Waals surface area contributed by atoms with Gasteiger partial charge in [-0.05, 0) is 67.6 Å². The molecule has 3 nitrogen and oxygen atoms in total. The van der Waals surface area contributed by atoms with Crippen molar-refractivity contribution in [2.24, 2.45) is 0 Å². The van der Waals surface area contributed by atoms with Gasteiger partial charge in [0.15, 0.2) is 0 Å². The zero-order valence-electron chi connectivity index (χ0n) is 14.5. The lowest BCUT2D eigenvalue weighted by atomic mass is 9.61. The van der Waals surface area contributed by atoms with Crippen molar-refractivity contribution in [3.05, 3.63) is 51.7 Å². The van der Waals surface area contributed by atoms with Crippen LogP contribution in [0.3, 0.4) is 0 Å². The van der Waals surface area contributed by atoms with E-state index in [0.29, 0.717) is 17.8 Å². The summed E-state index contributed by atoms with van der Waals surface area (Å²) in [6.07, 6.45) is 3.29. The summed E-state index contributed by atoms with van der Waals surface area (Å²) in [7, 11) is 2.25. The van der Waals surface area contributed by atoms with Crippen LogP contribution in [0.5, 0.6) is 5.75 Å². The van der Waals surface area contributed by atoms with Gasteiger partial charge in [-0.15, -0.1) is 11.3 Å². The van der Waals surface area contributed by atoms with E-state index in [1.54, 1.807) is 0 Å². The van der Waals surface area contributed by atoms with Crippen LogP contribution in [0.25, 0.3) is 0 Å². The Bertz CT molecular complexity index is 714. The van der Waals surface area contributed by atoms with Gasteiger partial charge in [0.25, 0.3) is 0 Å². The predicted octanol–water partition coefficient (Wildman–Crippen LogP) is 3.17. The zero-order chi connectivity index (χ0) is 16.7. The molecule has 1 aromatic heterocycles. The van der Waals surface area contributed by atoms with E-state index in [1.807, 2.05) is 23.5 Å². The third-order valence-corrected chi connectivity index (χ3v) is 7.01. The Balaban J connectivity index is 1.60. The molecule has 24 heavy (non-hydrogen) atoms. The molecule has 2 aliphatic rings. The number of phenols is 1. The average Bonchev–Trinajstić information content (AvgIpc) is 3.07. The molecule has 1 fully saturated rings. The number of thiophene rings is 1. The molecule has 128 valence electrons. The topological polar surface area (TPSA) is 35.5 Å². The summed E-state index contributed by atoms with van der Waals surface area (Å²) in [4.78, 5) is 3.96. The van der Waals surface area contributed by atoms with Crippen LogP contribution in [0.4, 0.5) is 0 Å². The fraction of sp³-hybridized carbons (Fsp3) is 0.500. The highest BCUT2D eigenvalue weighted by Crippen LogP contribution is 2.45. The van der Waals surface area contributed by atoms with E-state index in [1.165, 1.54) is 16.0 Å². The van der Waals surface area contributed by atoms with Crippen molar-refractivity contribution in [1.82, 2.24) is 10.2 Å². The van der Waals surface area contributed by atoms with Crippen molar-refractivity contribution in [2.75, 3.05) is 20.1 Å². The van der Waals surface area contributed by atoms with Gasteiger partial charge in [-0.25, -0.2) is 0 Å². The van der Waals surface area contributed by atoms with Crippen molar-refractivity contribution < 1.29 is 5.11 Å². The first-order chi connectivity index (χ1) is 11.6. The van der Waals surface area contributed by atoms with Crippen molar-refractivity contribution in [3.63, 3.8) is 0 Å². The highest BCUT2D eigenvalue weighted by atomic mass is 32.1. The van der Waals surface area contributed by atoms with Crippen LogP contribution in [0.2, 0.25) is 0 Å². The maximum atomic E-state index is 10.0. The van der Waals surface area contributed by atoms with Gasteiger partial charge in [0.05, 0.1) is 0 Å². The third kappa shape index (κ3) is 2.67. The van der Waals surface area contributed by atoms with Crippen LogP contribution in [-0.2, 0) is 18.3 Å². The molecule has 0 unspecified atom stereocenters. The minimum atomic E-state index is 0.0962. The van der Waals surface area contributed by atoms with Crippen molar-refractivity contribution in [1.29, 1.82) is 0 Å². The molecule has 0 spiro atoms. The summed E-state index contributed by atoms with van der Waals surface area (Å²) in [5.74, 6) is 0.393. The Hall–Kier alpha value is -1.36. The maximum absolute atomic E-state index is 10.0. The monoisotopic (exact) mass is 342 g/mol. The van der Waals surface area contributed by atoms with E-state index < -0.39 is 0 Å². The minimum absolute atomic E-state index is 0.0962. The average molecular weight is 343 g/mol. The number of aromatic hydroxyl groups is 1. The van der Waals surface area contributed by atoms with E-state index in [9.17, 15) is 5.11 Å².